The van der Waals surface area contributed by atoms with E-state index in [0.717, 1.165) is 37.4 Å². The van der Waals surface area contributed by atoms with E-state index in [-0.39, 0.29) is 18.4 Å². The molecular formula is C25H33N3O3. The van der Waals surface area contributed by atoms with Gasteiger partial charge in [-0.15, -0.1) is 0 Å². The topological polar surface area (TPSA) is 70.7 Å². The minimum Gasteiger partial charge on any atom is -0.493 e. The van der Waals surface area contributed by atoms with E-state index in [9.17, 15) is 9.59 Å². The maximum Gasteiger partial charge on any atom is 0.253 e. The lowest BCUT2D eigenvalue weighted by Gasteiger charge is -2.20. The van der Waals surface area contributed by atoms with E-state index in [1.807, 2.05) is 41.3 Å². The minimum absolute atomic E-state index is 0.0379. The van der Waals surface area contributed by atoms with E-state index in [1.54, 1.807) is 12.1 Å². The Balaban J connectivity index is 1.50. The molecule has 0 atom stereocenters. The average molecular weight is 424 g/mol. The largest absolute Gasteiger partial charge is 0.493 e. The molecule has 1 fully saturated rings. The van der Waals surface area contributed by atoms with Gasteiger partial charge in [-0.2, -0.15) is 0 Å². The molecule has 0 saturated carbocycles. The maximum atomic E-state index is 12.8. The van der Waals surface area contributed by atoms with Gasteiger partial charge in [0.15, 0.2) is 0 Å². The van der Waals surface area contributed by atoms with E-state index in [1.165, 1.54) is 12.8 Å². The molecule has 0 aromatic heterocycles. The maximum absolute atomic E-state index is 12.8. The summed E-state index contributed by atoms with van der Waals surface area (Å²) >= 11 is 0. The van der Waals surface area contributed by atoms with Gasteiger partial charge in [0.25, 0.3) is 5.91 Å². The number of likely N-dealkylation sites (tertiary alicyclic amines) is 1. The highest BCUT2D eigenvalue weighted by atomic mass is 16.5. The Morgan fingerprint density at radius 3 is 2.35 bits per heavy atom. The molecule has 0 spiro atoms. The fraction of sp³-hybridized carbons (Fsp3) is 0.440. The Morgan fingerprint density at radius 2 is 1.68 bits per heavy atom. The predicted octanol–water partition coefficient (Wildman–Crippen LogP) is 4.79. The summed E-state index contributed by atoms with van der Waals surface area (Å²) < 4.78 is 5.67. The molecule has 31 heavy (non-hydrogen) atoms. The van der Waals surface area contributed by atoms with Crippen LogP contribution in [0.15, 0.2) is 48.5 Å². The van der Waals surface area contributed by atoms with Crippen LogP contribution < -0.4 is 15.4 Å². The summed E-state index contributed by atoms with van der Waals surface area (Å²) in [6, 6.07) is 14.7. The van der Waals surface area contributed by atoms with Gasteiger partial charge in [0.2, 0.25) is 5.91 Å². The molecule has 1 aliphatic rings. The molecule has 0 bridgehead atoms. The quantitative estimate of drug-likeness (QED) is 0.641. The van der Waals surface area contributed by atoms with E-state index in [0.29, 0.717) is 23.8 Å². The van der Waals surface area contributed by atoms with Crippen LogP contribution in [0.5, 0.6) is 5.75 Å². The van der Waals surface area contributed by atoms with Crippen molar-refractivity contribution in [3.05, 3.63) is 54.1 Å². The van der Waals surface area contributed by atoms with Crippen LogP contribution in [0.25, 0.3) is 0 Å². The van der Waals surface area contributed by atoms with Crippen molar-refractivity contribution < 1.29 is 14.3 Å². The number of nitrogens with one attached hydrogen (secondary N) is 2. The Bertz CT molecular complexity index is 857. The van der Waals surface area contributed by atoms with Crippen LogP contribution in [0, 0.1) is 5.92 Å². The van der Waals surface area contributed by atoms with Crippen LogP contribution in [0.3, 0.4) is 0 Å². The molecule has 0 unspecified atom stereocenters. The van der Waals surface area contributed by atoms with Crippen molar-refractivity contribution in [1.29, 1.82) is 0 Å². The zero-order valence-electron chi connectivity index (χ0n) is 18.5. The van der Waals surface area contributed by atoms with Crippen LogP contribution in [0.4, 0.5) is 11.4 Å². The SMILES string of the molecule is CC(C)COc1ccc(NCC(=O)Nc2cccc(C(=O)N3CCCCCC3)c2)cc1. The zero-order valence-corrected chi connectivity index (χ0v) is 18.5. The van der Waals surface area contributed by atoms with Crippen molar-refractivity contribution in [3.63, 3.8) is 0 Å². The van der Waals surface area contributed by atoms with E-state index in [4.69, 9.17) is 4.74 Å². The van der Waals surface area contributed by atoms with Crippen molar-refractivity contribution in [3.8, 4) is 5.75 Å². The van der Waals surface area contributed by atoms with Gasteiger partial charge >= 0.3 is 0 Å². The Morgan fingerprint density at radius 1 is 0.968 bits per heavy atom. The third-order valence-electron chi connectivity index (χ3n) is 5.18. The third-order valence-corrected chi connectivity index (χ3v) is 5.18. The highest BCUT2D eigenvalue weighted by molar-refractivity contribution is 5.98. The molecule has 2 amide bonds. The molecular weight excluding hydrogens is 390 g/mol. The molecule has 3 rings (SSSR count). The molecule has 1 heterocycles. The number of carbonyl (C=O) groups excluding carboxylic acids is 2. The molecule has 2 aromatic carbocycles. The van der Waals surface area contributed by atoms with Gasteiger partial charge in [-0.25, -0.2) is 0 Å². The summed E-state index contributed by atoms with van der Waals surface area (Å²) in [5.41, 5.74) is 2.09. The normalized spacial score (nSPS) is 14.1. The third kappa shape index (κ3) is 7.31. The van der Waals surface area contributed by atoms with Crippen molar-refractivity contribution in [2.24, 2.45) is 5.92 Å². The van der Waals surface area contributed by atoms with Gasteiger partial charge in [-0.3, -0.25) is 9.59 Å². The van der Waals surface area contributed by atoms with Gasteiger partial charge in [0.05, 0.1) is 13.2 Å². The lowest BCUT2D eigenvalue weighted by Crippen LogP contribution is -2.31. The molecule has 166 valence electrons. The number of rotatable bonds is 8. The Kier molecular flexibility index (Phi) is 8.33. The van der Waals surface area contributed by atoms with Crippen molar-refractivity contribution in [1.82, 2.24) is 4.90 Å². The summed E-state index contributed by atoms with van der Waals surface area (Å²) in [4.78, 5) is 27.1. The second kappa shape index (κ2) is 11.4. The lowest BCUT2D eigenvalue weighted by atomic mass is 10.1. The summed E-state index contributed by atoms with van der Waals surface area (Å²) in [5, 5.41) is 5.98. The summed E-state index contributed by atoms with van der Waals surface area (Å²) in [7, 11) is 0. The first-order valence-corrected chi connectivity index (χ1v) is 11.2. The van der Waals surface area contributed by atoms with Crippen molar-refractivity contribution in [2.75, 3.05) is 36.9 Å². The van der Waals surface area contributed by atoms with E-state index < -0.39 is 0 Å². The molecule has 1 aliphatic heterocycles. The van der Waals surface area contributed by atoms with Gasteiger partial charge in [0, 0.05) is 30.0 Å². The number of hydrogen-bond acceptors (Lipinski definition) is 4. The first-order chi connectivity index (χ1) is 15.0. The van der Waals surface area contributed by atoms with Gasteiger partial charge in [0.1, 0.15) is 5.75 Å². The Hall–Kier alpha value is -3.02. The highest BCUT2D eigenvalue weighted by Gasteiger charge is 2.17. The van der Waals surface area contributed by atoms with E-state index >= 15 is 0 Å². The molecule has 2 N–H and O–H groups in total. The lowest BCUT2D eigenvalue weighted by molar-refractivity contribution is -0.114. The minimum atomic E-state index is -0.167. The number of nitrogens with zero attached hydrogens (tertiary/aromatic N) is 1. The summed E-state index contributed by atoms with van der Waals surface area (Å²) in [6.07, 6.45) is 4.47. The molecule has 0 aliphatic carbocycles. The van der Waals surface area contributed by atoms with Crippen LogP contribution >= 0.6 is 0 Å². The summed E-state index contributed by atoms with van der Waals surface area (Å²) in [5.74, 6) is 1.16. The van der Waals surface area contributed by atoms with Crippen molar-refractivity contribution in [2.45, 2.75) is 39.5 Å². The molecule has 0 radical (unpaired) electrons. The predicted molar refractivity (Wildman–Crippen MR) is 125 cm³/mol. The van der Waals surface area contributed by atoms with Crippen LogP contribution in [0.1, 0.15) is 49.9 Å². The molecule has 6 heteroatoms. The second-order valence-electron chi connectivity index (χ2n) is 8.42. The first kappa shape index (κ1) is 22.7. The highest BCUT2D eigenvalue weighted by Crippen LogP contribution is 2.18. The summed E-state index contributed by atoms with van der Waals surface area (Å²) in [6.45, 7) is 6.64. The zero-order chi connectivity index (χ0) is 22.1. The first-order valence-electron chi connectivity index (χ1n) is 11.2. The standard InChI is InChI=1S/C25H33N3O3/c1-19(2)18-31-23-12-10-21(11-13-23)26-17-24(29)27-22-9-7-8-20(16-22)25(30)28-14-5-3-4-6-15-28/h7-13,16,19,26H,3-6,14-15,17-18H2,1-2H3,(H,27,29). The fourth-order valence-electron chi connectivity index (χ4n) is 3.51. The number of benzene rings is 2. The molecule has 2 aromatic rings. The van der Waals surface area contributed by atoms with Crippen molar-refractivity contribution >= 4 is 23.2 Å². The number of carbonyl (C=O) groups is 2. The smallest absolute Gasteiger partial charge is 0.253 e. The van der Waals surface area contributed by atoms with Crippen LogP contribution in [0.2, 0.25) is 0 Å². The Labute approximate surface area is 185 Å². The van der Waals surface area contributed by atoms with E-state index in [2.05, 4.69) is 24.5 Å². The number of hydrogen-bond donors (Lipinski definition) is 2. The van der Waals surface area contributed by atoms with Gasteiger partial charge in [-0.05, 0) is 61.2 Å². The second-order valence-corrected chi connectivity index (χ2v) is 8.42. The monoisotopic (exact) mass is 423 g/mol. The number of amides is 2. The van der Waals surface area contributed by atoms with Crippen LogP contribution in [-0.2, 0) is 4.79 Å². The van der Waals surface area contributed by atoms with Gasteiger partial charge < -0.3 is 20.3 Å². The van der Waals surface area contributed by atoms with Gasteiger partial charge in [-0.1, -0.05) is 32.8 Å². The molecule has 6 nitrogen and oxygen atoms in total. The number of anilines is 2. The number of ether oxygens (including phenoxy) is 1. The molecule has 1 saturated heterocycles. The van der Waals surface area contributed by atoms with Crippen LogP contribution in [-0.4, -0.2) is 43.0 Å². The average Bonchev–Trinajstić information content (AvgIpc) is 3.06. The fourth-order valence-corrected chi connectivity index (χ4v) is 3.51.